The maximum absolute atomic E-state index is 13.0. The molecule has 28 heavy (non-hydrogen) atoms. The van der Waals surface area contributed by atoms with Crippen molar-refractivity contribution in [1.29, 1.82) is 0 Å². The highest BCUT2D eigenvalue weighted by atomic mass is 35.5. The van der Waals surface area contributed by atoms with Gasteiger partial charge < -0.3 is 5.32 Å². The number of para-hydroxylation sites is 1. The molecule has 1 saturated carbocycles. The van der Waals surface area contributed by atoms with Crippen molar-refractivity contribution in [2.24, 2.45) is 4.99 Å². The number of aliphatic imine (C=N–C) groups is 1. The van der Waals surface area contributed by atoms with Gasteiger partial charge in [-0.05, 0) is 49.2 Å². The van der Waals surface area contributed by atoms with E-state index in [0.717, 1.165) is 25.7 Å². The van der Waals surface area contributed by atoms with Gasteiger partial charge in [-0.3, -0.25) is 15.0 Å². The Morgan fingerprint density at radius 2 is 1.68 bits per heavy atom. The molecule has 0 saturated heterocycles. The van der Waals surface area contributed by atoms with E-state index in [2.05, 4.69) is 15.6 Å². The molecule has 3 amide bonds. The third kappa shape index (κ3) is 3.87. The smallest absolute Gasteiger partial charge is 0.307 e. The Morgan fingerprint density at radius 3 is 2.43 bits per heavy atom. The summed E-state index contributed by atoms with van der Waals surface area (Å²) in [5.41, 5.74) is 1.17. The Hall–Kier alpha value is -2.86. The number of halogens is 1. The van der Waals surface area contributed by atoms with Crippen LogP contribution >= 0.6 is 11.6 Å². The number of carbonyl (C=O) groups excluding carboxylic acids is 2. The van der Waals surface area contributed by atoms with Crippen molar-refractivity contribution < 1.29 is 9.59 Å². The summed E-state index contributed by atoms with van der Waals surface area (Å²) >= 11 is 5.89. The first-order valence-electron chi connectivity index (χ1n) is 9.42. The molecule has 2 aromatic rings. The molecule has 1 fully saturated rings. The van der Waals surface area contributed by atoms with Crippen LogP contribution in [0, 0.1) is 0 Å². The van der Waals surface area contributed by atoms with Gasteiger partial charge in [0.25, 0.3) is 5.91 Å². The zero-order valence-electron chi connectivity index (χ0n) is 15.3. The average molecular weight is 397 g/mol. The highest BCUT2D eigenvalue weighted by Crippen LogP contribution is 2.31. The summed E-state index contributed by atoms with van der Waals surface area (Å²) in [4.78, 5) is 31.9. The molecule has 2 aliphatic rings. The summed E-state index contributed by atoms with van der Waals surface area (Å²) in [6.45, 7) is 0. The molecule has 1 heterocycles. The molecule has 0 unspecified atom stereocenters. The fraction of sp³-hybridized carbons (Fsp3) is 0.286. The number of guanidine groups is 1. The van der Waals surface area contributed by atoms with Crippen LogP contribution in [0.3, 0.4) is 0 Å². The lowest BCUT2D eigenvalue weighted by molar-refractivity contribution is 0.0973. The summed E-state index contributed by atoms with van der Waals surface area (Å²) in [6, 6.07) is 15.6. The maximum Gasteiger partial charge on any atom is 0.328 e. The fourth-order valence-electron chi connectivity index (χ4n) is 3.74. The van der Waals surface area contributed by atoms with Crippen LogP contribution < -0.4 is 10.6 Å². The van der Waals surface area contributed by atoms with Gasteiger partial charge in [-0.25, -0.2) is 9.79 Å². The number of carbonyl (C=O) groups is 2. The number of hydrogen-bond donors (Lipinski definition) is 2. The predicted octanol–water partition coefficient (Wildman–Crippen LogP) is 4.28. The van der Waals surface area contributed by atoms with Crippen LogP contribution in [0.2, 0.25) is 5.02 Å². The van der Waals surface area contributed by atoms with Crippen molar-refractivity contribution in [2.75, 3.05) is 5.32 Å². The summed E-state index contributed by atoms with van der Waals surface area (Å²) in [5, 5.41) is 6.29. The van der Waals surface area contributed by atoms with Crippen molar-refractivity contribution in [3.8, 4) is 0 Å². The lowest BCUT2D eigenvalue weighted by Crippen LogP contribution is -2.52. The number of hydrogen-bond acceptors (Lipinski definition) is 3. The number of rotatable bonds is 2. The number of fused-ring (bicyclic) bond motifs is 1. The maximum atomic E-state index is 13.0. The largest absolute Gasteiger partial charge is 0.328 e. The van der Waals surface area contributed by atoms with Crippen LogP contribution in [0.15, 0.2) is 59.6 Å². The molecule has 2 N–H and O–H groups in total. The van der Waals surface area contributed by atoms with Crippen molar-refractivity contribution >= 4 is 35.2 Å². The first-order valence-corrected chi connectivity index (χ1v) is 9.79. The van der Waals surface area contributed by atoms with Gasteiger partial charge in [0.15, 0.2) is 0 Å². The quantitative estimate of drug-likeness (QED) is 0.794. The van der Waals surface area contributed by atoms with Crippen molar-refractivity contribution in [2.45, 2.75) is 37.8 Å². The van der Waals surface area contributed by atoms with Gasteiger partial charge >= 0.3 is 6.03 Å². The zero-order chi connectivity index (χ0) is 19.5. The van der Waals surface area contributed by atoms with Crippen LogP contribution in [-0.2, 0) is 0 Å². The standard InChI is InChI=1S/C21H21ClN4O2/c22-15-12-10-14(11-13-15)19(27)25-20-24-17-8-4-5-9-18(17)26(20)21(28)23-16-6-2-1-3-7-16/h1-3,6-7,10-13,17-18H,4-5,8-9H2,(H,23,28)(H,24,25,27)/t17-,18+/m1/s1. The minimum absolute atomic E-state index is 0.0239. The van der Waals surface area contributed by atoms with Gasteiger partial charge in [-0.2, -0.15) is 0 Å². The number of benzene rings is 2. The molecule has 2 aromatic carbocycles. The van der Waals surface area contributed by atoms with Crippen LogP contribution in [0.5, 0.6) is 0 Å². The molecular formula is C21H21ClN4O2. The number of anilines is 1. The molecule has 0 bridgehead atoms. The highest BCUT2D eigenvalue weighted by molar-refractivity contribution is 6.30. The van der Waals surface area contributed by atoms with E-state index < -0.39 is 0 Å². The molecule has 6 nitrogen and oxygen atoms in total. The summed E-state index contributed by atoms with van der Waals surface area (Å²) < 4.78 is 0. The number of urea groups is 1. The molecule has 1 aliphatic carbocycles. The van der Waals surface area contributed by atoms with E-state index in [-0.39, 0.29) is 24.0 Å². The summed E-state index contributed by atoms with van der Waals surface area (Å²) in [6.07, 6.45) is 3.91. The van der Waals surface area contributed by atoms with Gasteiger partial charge in [-0.15, -0.1) is 0 Å². The summed E-state index contributed by atoms with van der Waals surface area (Å²) in [5.74, 6) is -0.00291. The first kappa shape index (κ1) is 18.5. The van der Waals surface area contributed by atoms with Gasteiger partial charge in [0.2, 0.25) is 5.96 Å². The molecule has 7 heteroatoms. The van der Waals surface area contributed by atoms with Crippen molar-refractivity contribution in [3.63, 3.8) is 0 Å². The zero-order valence-corrected chi connectivity index (χ0v) is 16.0. The van der Waals surface area contributed by atoms with E-state index in [1.165, 1.54) is 0 Å². The van der Waals surface area contributed by atoms with E-state index >= 15 is 0 Å². The Bertz CT molecular complexity index is 898. The second kappa shape index (κ2) is 8.02. The second-order valence-corrected chi connectivity index (χ2v) is 7.44. The number of amides is 3. The number of nitrogens with zero attached hydrogens (tertiary/aromatic N) is 2. The molecule has 0 aromatic heterocycles. The van der Waals surface area contributed by atoms with Crippen LogP contribution in [-0.4, -0.2) is 34.9 Å². The average Bonchev–Trinajstić information content (AvgIpc) is 3.07. The minimum Gasteiger partial charge on any atom is -0.307 e. The lowest BCUT2D eigenvalue weighted by Gasteiger charge is -2.31. The van der Waals surface area contributed by atoms with E-state index in [0.29, 0.717) is 22.2 Å². The van der Waals surface area contributed by atoms with Gasteiger partial charge in [0, 0.05) is 16.3 Å². The third-order valence-corrected chi connectivity index (χ3v) is 5.37. The highest BCUT2D eigenvalue weighted by Gasteiger charge is 2.41. The molecule has 4 rings (SSSR count). The molecule has 1 aliphatic heterocycles. The topological polar surface area (TPSA) is 73.8 Å². The van der Waals surface area contributed by atoms with Crippen LogP contribution in [0.4, 0.5) is 10.5 Å². The van der Waals surface area contributed by atoms with Crippen LogP contribution in [0.1, 0.15) is 36.0 Å². The van der Waals surface area contributed by atoms with Crippen LogP contribution in [0.25, 0.3) is 0 Å². The van der Waals surface area contributed by atoms with E-state index in [9.17, 15) is 9.59 Å². The fourth-order valence-corrected chi connectivity index (χ4v) is 3.87. The normalized spacial score (nSPS) is 20.9. The predicted molar refractivity (Wildman–Crippen MR) is 110 cm³/mol. The van der Waals surface area contributed by atoms with Crippen molar-refractivity contribution in [3.05, 3.63) is 65.2 Å². The third-order valence-electron chi connectivity index (χ3n) is 5.12. The molecule has 144 valence electrons. The van der Waals surface area contributed by atoms with Gasteiger partial charge in [-0.1, -0.05) is 42.6 Å². The monoisotopic (exact) mass is 396 g/mol. The van der Waals surface area contributed by atoms with E-state index in [1.807, 2.05) is 30.3 Å². The Labute approximate surface area is 168 Å². The second-order valence-electron chi connectivity index (χ2n) is 7.00. The Kier molecular flexibility index (Phi) is 5.30. The lowest BCUT2D eigenvalue weighted by atomic mass is 9.91. The Morgan fingerprint density at radius 1 is 0.964 bits per heavy atom. The summed E-state index contributed by atoms with van der Waals surface area (Å²) in [7, 11) is 0. The first-order chi connectivity index (χ1) is 13.6. The SMILES string of the molecule is O=C(NC1=N[C@@H]2CCCC[C@@H]2N1C(=O)Nc1ccccc1)c1ccc(Cl)cc1. The van der Waals surface area contributed by atoms with Crippen molar-refractivity contribution in [1.82, 2.24) is 10.2 Å². The molecular weight excluding hydrogens is 376 g/mol. The molecule has 0 spiro atoms. The van der Waals surface area contributed by atoms with E-state index in [4.69, 9.17) is 11.6 Å². The molecule has 0 radical (unpaired) electrons. The van der Waals surface area contributed by atoms with Gasteiger partial charge in [0.05, 0.1) is 12.1 Å². The van der Waals surface area contributed by atoms with E-state index in [1.54, 1.807) is 29.2 Å². The molecule has 2 atom stereocenters. The minimum atomic E-state index is -0.313. The van der Waals surface area contributed by atoms with Gasteiger partial charge in [0.1, 0.15) is 0 Å². The Balaban J connectivity index is 1.55. The number of nitrogens with one attached hydrogen (secondary N) is 2.